The van der Waals surface area contributed by atoms with Gasteiger partial charge in [0.15, 0.2) is 8.32 Å². The molecule has 0 saturated heterocycles. The van der Waals surface area contributed by atoms with Crippen LogP contribution >= 0.6 is 0 Å². The maximum atomic E-state index is 7.21. The van der Waals surface area contributed by atoms with E-state index in [4.69, 9.17) is 4.43 Å². The highest BCUT2D eigenvalue weighted by Crippen LogP contribution is 2.39. The van der Waals surface area contributed by atoms with Crippen LogP contribution in [0, 0.1) is 0 Å². The molecule has 0 radical (unpaired) electrons. The predicted molar refractivity (Wildman–Crippen MR) is 108 cm³/mol. The van der Waals surface area contributed by atoms with Gasteiger partial charge < -0.3 is 4.43 Å². The van der Waals surface area contributed by atoms with Gasteiger partial charge in [-0.15, -0.1) is 0 Å². The van der Waals surface area contributed by atoms with Crippen molar-refractivity contribution in [2.45, 2.75) is 103 Å². The highest BCUT2D eigenvalue weighted by Gasteiger charge is 2.43. The van der Waals surface area contributed by atoms with Crippen molar-refractivity contribution < 1.29 is 4.43 Å². The van der Waals surface area contributed by atoms with Crippen molar-refractivity contribution >= 4 is 8.32 Å². The van der Waals surface area contributed by atoms with Gasteiger partial charge in [-0.05, 0) is 36.2 Å². The Kier molecular flexibility index (Phi) is 7.55. The first kappa shape index (κ1) is 19.7. The predicted octanol–water partition coefficient (Wildman–Crippen LogP) is 6.91. The Morgan fingerprint density at radius 2 is 1.25 bits per heavy atom. The van der Waals surface area contributed by atoms with E-state index in [9.17, 15) is 0 Å². The number of unbranched alkanes of at least 4 members (excludes halogenated alkanes) is 3. The van der Waals surface area contributed by atoms with Crippen molar-refractivity contribution in [2.24, 2.45) is 0 Å². The van der Waals surface area contributed by atoms with E-state index in [0.29, 0.717) is 0 Å². The first-order valence-electron chi connectivity index (χ1n) is 10.3. The summed E-state index contributed by atoms with van der Waals surface area (Å²) in [6.45, 7) is 9.36. The summed E-state index contributed by atoms with van der Waals surface area (Å²) in [5.41, 5.74) is 3.08. The summed E-state index contributed by atoms with van der Waals surface area (Å²) >= 11 is 0. The smallest absolute Gasteiger partial charge is 0.193 e. The van der Waals surface area contributed by atoms with E-state index < -0.39 is 8.32 Å². The lowest BCUT2D eigenvalue weighted by atomic mass is 10.0. The summed E-state index contributed by atoms with van der Waals surface area (Å²) < 4.78 is 7.21. The van der Waals surface area contributed by atoms with E-state index in [1.54, 1.807) is 0 Å². The third-order valence-electron chi connectivity index (χ3n) is 5.67. The summed E-state index contributed by atoms with van der Waals surface area (Å²) in [6.07, 6.45) is 10.2. The number of hydrogen-bond acceptors (Lipinski definition) is 1. The van der Waals surface area contributed by atoms with Gasteiger partial charge in [0.05, 0.1) is 5.60 Å². The van der Waals surface area contributed by atoms with Gasteiger partial charge in [0.25, 0.3) is 0 Å². The highest BCUT2D eigenvalue weighted by atomic mass is 28.4. The Bertz CT molecular complexity index is 450. The zero-order valence-electron chi connectivity index (χ0n) is 16.5. The van der Waals surface area contributed by atoms with Crippen LogP contribution in [-0.4, -0.2) is 13.9 Å². The van der Waals surface area contributed by atoms with Crippen molar-refractivity contribution in [3.05, 3.63) is 35.4 Å². The fraction of sp³-hybridized carbons (Fsp3) is 0.727. The van der Waals surface area contributed by atoms with E-state index in [1.165, 1.54) is 67.8 Å². The quantitative estimate of drug-likeness (QED) is 0.396. The monoisotopic (exact) mass is 346 g/mol. The topological polar surface area (TPSA) is 9.23 Å². The lowest BCUT2D eigenvalue weighted by Crippen LogP contribution is -2.47. The molecule has 2 rings (SSSR count). The van der Waals surface area contributed by atoms with Gasteiger partial charge in [0.2, 0.25) is 0 Å². The average molecular weight is 347 g/mol. The van der Waals surface area contributed by atoms with E-state index >= 15 is 0 Å². The summed E-state index contributed by atoms with van der Waals surface area (Å²) in [5.74, 6) is 0. The van der Waals surface area contributed by atoms with Crippen molar-refractivity contribution in [3.8, 4) is 0 Å². The summed E-state index contributed by atoms with van der Waals surface area (Å²) in [6, 6.07) is 13.1. The molecule has 1 aliphatic rings. The van der Waals surface area contributed by atoms with Gasteiger partial charge in [-0.1, -0.05) is 83.6 Å². The molecule has 0 atom stereocenters. The summed E-state index contributed by atoms with van der Waals surface area (Å²) in [7, 11) is -1.63. The van der Waals surface area contributed by atoms with Crippen molar-refractivity contribution in [1.82, 2.24) is 0 Å². The van der Waals surface area contributed by atoms with Crippen LogP contribution in [0.2, 0.25) is 18.1 Å². The molecule has 1 aromatic carbocycles. The van der Waals surface area contributed by atoms with Crippen LogP contribution in [0.15, 0.2) is 24.3 Å². The lowest BCUT2D eigenvalue weighted by molar-refractivity contribution is 0.0850. The Labute approximate surface area is 151 Å². The Morgan fingerprint density at radius 1 is 0.833 bits per heavy atom. The number of benzene rings is 1. The Morgan fingerprint density at radius 3 is 1.62 bits per heavy atom. The molecule has 24 heavy (non-hydrogen) atoms. The van der Waals surface area contributed by atoms with Gasteiger partial charge in [-0.2, -0.15) is 0 Å². The number of rotatable bonds is 11. The minimum absolute atomic E-state index is 0.0468. The molecule has 0 saturated carbocycles. The zero-order valence-corrected chi connectivity index (χ0v) is 17.5. The molecule has 0 spiro atoms. The molecular weight excluding hydrogens is 308 g/mol. The molecule has 2 heteroatoms. The molecule has 1 nitrogen and oxygen atoms in total. The van der Waals surface area contributed by atoms with Gasteiger partial charge in [-0.3, -0.25) is 0 Å². The fourth-order valence-corrected chi connectivity index (χ4v) is 9.63. The molecule has 0 aromatic heterocycles. The zero-order chi connectivity index (χ0) is 17.5. The van der Waals surface area contributed by atoms with Crippen LogP contribution in [0.4, 0.5) is 0 Å². The molecule has 0 unspecified atom stereocenters. The van der Waals surface area contributed by atoms with Crippen LogP contribution in [0.5, 0.6) is 0 Å². The minimum atomic E-state index is -1.63. The second kappa shape index (κ2) is 9.19. The second-order valence-corrected chi connectivity index (χ2v) is 12.2. The van der Waals surface area contributed by atoms with Crippen LogP contribution in [-0.2, 0) is 17.3 Å². The maximum Gasteiger partial charge on any atom is 0.193 e. The molecule has 0 amide bonds. The van der Waals surface area contributed by atoms with Crippen LogP contribution in [0.1, 0.15) is 77.3 Å². The lowest BCUT2D eigenvalue weighted by Gasteiger charge is -2.40. The largest absolute Gasteiger partial charge is 0.411 e. The molecular formula is C22H38OSi. The molecule has 0 bridgehead atoms. The van der Waals surface area contributed by atoms with Crippen LogP contribution in [0.25, 0.3) is 0 Å². The molecule has 0 aliphatic heterocycles. The minimum Gasteiger partial charge on any atom is -0.411 e. The van der Waals surface area contributed by atoms with Gasteiger partial charge in [0.1, 0.15) is 0 Å². The first-order chi connectivity index (χ1) is 11.6. The van der Waals surface area contributed by atoms with Crippen LogP contribution in [0.3, 0.4) is 0 Å². The molecule has 0 N–H and O–H groups in total. The Hall–Kier alpha value is -0.603. The third-order valence-corrected chi connectivity index (χ3v) is 10.4. The maximum absolute atomic E-state index is 7.21. The van der Waals surface area contributed by atoms with Crippen molar-refractivity contribution in [3.63, 3.8) is 0 Å². The molecule has 0 heterocycles. The van der Waals surface area contributed by atoms with Gasteiger partial charge in [0, 0.05) is 12.8 Å². The SMILES string of the molecule is CCCC[Si](CCCC)(CCCC)OC1(C)Cc2ccccc2C1. The molecule has 1 aromatic rings. The molecule has 0 fully saturated rings. The van der Waals surface area contributed by atoms with Gasteiger partial charge in [-0.25, -0.2) is 0 Å². The first-order valence-corrected chi connectivity index (χ1v) is 12.9. The van der Waals surface area contributed by atoms with E-state index in [1.807, 2.05) is 0 Å². The second-order valence-electron chi connectivity index (χ2n) is 8.17. The normalized spacial score (nSPS) is 16.3. The number of hydrogen-bond donors (Lipinski definition) is 0. The van der Waals surface area contributed by atoms with Crippen LogP contribution < -0.4 is 0 Å². The third kappa shape index (κ3) is 5.19. The summed E-state index contributed by atoms with van der Waals surface area (Å²) in [4.78, 5) is 0. The summed E-state index contributed by atoms with van der Waals surface area (Å²) in [5, 5.41) is 0. The van der Waals surface area contributed by atoms with Crippen molar-refractivity contribution in [1.29, 1.82) is 0 Å². The van der Waals surface area contributed by atoms with E-state index in [2.05, 4.69) is 52.0 Å². The molecule has 1 aliphatic carbocycles. The standard InChI is InChI=1S/C22H38OSi/c1-5-8-15-24(16-9-6-2,17-10-7-3)23-22(4)18-20-13-11-12-14-21(20)19-22/h11-14H,5-10,15-19H2,1-4H3. The molecule has 136 valence electrons. The van der Waals surface area contributed by atoms with E-state index in [-0.39, 0.29) is 5.60 Å². The Balaban J connectivity index is 2.16. The van der Waals surface area contributed by atoms with Crippen molar-refractivity contribution in [2.75, 3.05) is 0 Å². The van der Waals surface area contributed by atoms with Gasteiger partial charge >= 0.3 is 0 Å². The number of fused-ring (bicyclic) bond motifs is 1. The fourth-order valence-electron chi connectivity index (χ4n) is 4.39. The average Bonchev–Trinajstić information content (AvgIpc) is 2.91. The highest BCUT2D eigenvalue weighted by molar-refractivity contribution is 6.73. The van der Waals surface area contributed by atoms with E-state index in [0.717, 1.165) is 12.8 Å².